The van der Waals surface area contributed by atoms with Crippen LogP contribution < -0.4 is 4.74 Å². The molecule has 96 valence electrons. The molecule has 3 nitrogen and oxygen atoms in total. The van der Waals surface area contributed by atoms with E-state index in [1.54, 1.807) is 7.11 Å². The molecule has 0 saturated heterocycles. The molecule has 0 fully saturated rings. The molecule has 0 aromatic heterocycles. The molecule has 0 bridgehead atoms. The molecule has 0 saturated carbocycles. The number of ether oxygens (including phenoxy) is 2. The molecule has 0 radical (unpaired) electrons. The third kappa shape index (κ3) is 4.02. The molecule has 0 unspecified atom stereocenters. The van der Waals surface area contributed by atoms with E-state index in [0.717, 1.165) is 23.3 Å². The summed E-state index contributed by atoms with van der Waals surface area (Å²) in [5.41, 5.74) is 1.70. The largest absolute Gasteiger partial charge is 0.493 e. The minimum Gasteiger partial charge on any atom is -0.493 e. The lowest BCUT2D eigenvalue weighted by atomic mass is 10.1. The number of para-hydroxylation sites is 1. The first-order valence-electron chi connectivity index (χ1n) is 5.87. The molecule has 1 aromatic rings. The lowest BCUT2D eigenvalue weighted by Gasteiger charge is -2.23. The average molecular weight is 238 g/mol. The SMILES string of the molecule is COC(C)(C)CCOc1c(C)cccc1CO. The molecule has 0 aliphatic carbocycles. The molecule has 17 heavy (non-hydrogen) atoms. The lowest BCUT2D eigenvalue weighted by molar-refractivity contribution is 0.00524. The van der Waals surface area contributed by atoms with Gasteiger partial charge >= 0.3 is 0 Å². The zero-order chi connectivity index (χ0) is 12.9. The van der Waals surface area contributed by atoms with Crippen molar-refractivity contribution in [3.63, 3.8) is 0 Å². The highest BCUT2D eigenvalue weighted by Gasteiger charge is 2.16. The van der Waals surface area contributed by atoms with Crippen molar-refractivity contribution in [1.29, 1.82) is 0 Å². The zero-order valence-electron chi connectivity index (χ0n) is 11.1. The normalized spacial score (nSPS) is 11.6. The summed E-state index contributed by atoms with van der Waals surface area (Å²) in [6.45, 7) is 6.63. The number of aliphatic hydroxyl groups is 1. The van der Waals surface area contributed by atoms with Gasteiger partial charge in [0.2, 0.25) is 0 Å². The molecule has 1 N–H and O–H groups in total. The molecule has 1 aromatic carbocycles. The highest BCUT2D eigenvalue weighted by molar-refractivity contribution is 5.40. The minimum atomic E-state index is -0.179. The van der Waals surface area contributed by atoms with Crippen molar-refractivity contribution in [2.24, 2.45) is 0 Å². The Morgan fingerprint density at radius 3 is 2.59 bits per heavy atom. The number of rotatable bonds is 6. The fourth-order valence-electron chi connectivity index (χ4n) is 1.55. The van der Waals surface area contributed by atoms with Crippen molar-refractivity contribution in [2.45, 2.75) is 39.4 Å². The molecule has 0 atom stereocenters. The van der Waals surface area contributed by atoms with E-state index in [1.165, 1.54) is 0 Å². The van der Waals surface area contributed by atoms with Crippen molar-refractivity contribution >= 4 is 0 Å². The monoisotopic (exact) mass is 238 g/mol. The Labute approximate surface area is 103 Å². The third-order valence-corrected chi connectivity index (χ3v) is 2.97. The van der Waals surface area contributed by atoms with Gasteiger partial charge in [0.15, 0.2) is 0 Å². The summed E-state index contributed by atoms with van der Waals surface area (Å²) in [5, 5.41) is 9.24. The van der Waals surface area contributed by atoms with Crippen LogP contribution in [0.25, 0.3) is 0 Å². The highest BCUT2D eigenvalue weighted by Crippen LogP contribution is 2.24. The van der Waals surface area contributed by atoms with Crippen molar-refractivity contribution in [2.75, 3.05) is 13.7 Å². The fourth-order valence-corrected chi connectivity index (χ4v) is 1.55. The van der Waals surface area contributed by atoms with Crippen molar-refractivity contribution in [1.82, 2.24) is 0 Å². The summed E-state index contributed by atoms with van der Waals surface area (Å²) >= 11 is 0. The van der Waals surface area contributed by atoms with Gasteiger partial charge in [0.25, 0.3) is 0 Å². The molecule has 3 heteroatoms. The number of methoxy groups -OCH3 is 1. The Balaban J connectivity index is 2.63. The molecule has 0 aliphatic rings. The summed E-state index contributed by atoms with van der Waals surface area (Å²) in [6.07, 6.45) is 0.808. The molecule has 0 heterocycles. The molecule has 1 rings (SSSR count). The molecule has 0 spiro atoms. The van der Waals surface area contributed by atoms with Crippen LogP contribution in [0.5, 0.6) is 5.75 Å². The van der Waals surface area contributed by atoms with Crippen molar-refractivity contribution < 1.29 is 14.6 Å². The molecule has 0 amide bonds. The Kier molecular flexibility index (Phi) is 4.97. The van der Waals surface area contributed by atoms with Crippen LogP contribution in [-0.2, 0) is 11.3 Å². The molecule has 0 aliphatic heterocycles. The van der Waals surface area contributed by atoms with Gasteiger partial charge in [0.05, 0.1) is 18.8 Å². The van der Waals surface area contributed by atoms with Gasteiger partial charge in [0, 0.05) is 19.1 Å². The predicted molar refractivity (Wildman–Crippen MR) is 68.3 cm³/mol. The Morgan fingerprint density at radius 2 is 2.00 bits per heavy atom. The maximum atomic E-state index is 9.24. The van der Waals surface area contributed by atoms with Crippen LogP contribution in [0.3, 0.4) is 0 Å². The third-order valence-electron chi connectivity index (χ3n) is 2.97. The standard InChI is InChI=1S/C14H22O3/c1-11-6-5-7-12(10-15)13(11)17-9-8-14(2,3)16-4/h5-7,15H,8-10H2,1-4H3. The van der Waals surface area contributed by atoms with E-state index in [9.17, 15) is 5.11 Å². The van der Waals surface area contributed by atoms with E-state index < -0.39 is 0 Å². The van der Waals surface area contributed by atoms with Gasteiger partial charge in [0.1, 0.15) is 5.75 Å². The number of aryl methyl sites for hydroxylation is 1. The maximum absolute atomic E-state index is 9.24. The van der Waals surface area contributed by atoms with Crippen LogP contribution in [-0.4, -0.2) is 24.4 Å². The topological polar surface area (TPSA) is 38.7 Å². The summed E-state index contributed by atoms with van der Waals surface area (Å²) in [6, 6.07) is 5.78. The number of aliphatic hydroxyl groups excluding tert-OH is 1. The summed E-state index contributed by atoms with van der Waals surface area (Å²) < 4.78 is 11.1. The number of hydrogen-bond acceptors (Lipinski definition) is 3. The van der Waals surface area contributed by atoms with Crippen LogP contribution in [0.1, 0.15) is 31.4 Å². The fraction of sp³-hybridized carbons (Fsp3) is 0.571. The van der Waals surface area contributed by atoms with E-state index in [2.05, 4.69) is 0 Å². The van der Waals surface area contributed by atoms with Gasteiger partial charge in [-0.25, -0.2) is 0 Å². The summed E-state index contributed by atoms with van der Waals surface area (Å²) in [7, 11) is 1.70. The van der Waals surface area contributed by atoms with Crippen molar-refractivity contribution in [3.05, 3.63) is 29.3 Å². The van der Waals surface area contributed by atoms with Crippen LogP contribution >= 0.6 is 0 Å². The molecular weight excluding hydrogens is 216 g/mol. The van der Waals surface area contributed by atoms with Gasteiger partial charge in [-0.2, -0.15) is 0 Å². The first kappa shape index (κ1) is 14.0. The van der Waals surface area contributed by atoms with E-state index in [4.69, 9.17) is 9.47 Å². The lowest BCUT2D eigenvalue weighted by Crippen LogP contribution is -2.25. The Bertz CT molecular complexity index is 358. The maximum Gasteiger partial charge on any atom is 0.127 e. The van der Waals surface area contributed by atoms with E-state index >= 15 is 0 Å². The minimum absolute atomic E-state index is 0.00465. The Morgan fingerprint density at radius 1 is 1.29 bits per heavy atom. The highest BCUT2D eigenvalue weighted by atomic mass is 16.5. The number of benzene rings is 1. The second-order valence-electron chi connectivity index (χ2n) is 4.78. The van der Waals surface area contributed by atoms with Gasteiger partial charge in [-0.1, -0.05) is 18.2 Å². The first-order valence-corrected chi connectivity index (χ1v) is 5.87. The van der Waals surface area contributed by atoms with Crippen molar-refractivity contribution in [3.8, 4) is 5.75 Å². The van der Waals surface area contributed by atoms with Gasteiger partial charge in [-0.3, -0.25) is 0 Å². The smallest absolute Gasteiger partial charge is 0.127 e. The second-order valence-corrected chi connectivity index (χ2v) is 4.78. The Hall–Kier alpha value is -1.06. The van der Waals surface area contributed by atoms with Crippen LogP contribution in [0.15, 0.2) is 18.2 Å². The molecular formula is C14H22O3. The summed E-state index contributed by atoms with van der Waals surface area (Å²) in [4.78, 5) is 0. The number of hydrogen-bond donors (Lipinski definition) is 1. The van der Waals surface area contributed by atoms with E-state index in [-0.39, 0.29) is 12.2 Å². The van der Waals surface area contributed by atoms with Gasteiger partial charge in [-0.15, -0.1) is 0 Å². The quantitative estimate of drug-likeness (QED) is 0.828. The van der Waals surface area contributed by atoms with Gasteiger partial charge in [-0.05, 0) is 26.3 Å². The van der Waals surface area contributed by atoms with Crippen LogP contribution in [0.4, 0.5) is 0 Å². The zero-order valence-corrected chi connectivity index (χ0v) is 11.1. The predicted octanol–water partition coefficient (Wildman–Crippen LogP) is 2.68. The first-order chi connectivity index (χ1) is 8.00. The average Bonchev–Trinajstić information content (AvgIpc) is 2.31. The van der Waals surface area contributed by atoms with E-state index in [1.807, 2.05) is 39.0 Å². The van der Waals surface area contributed by atoms with Crippen LogP contribution in [0.2, 0.25) is 0 Å². The summed E-state index contributed by atoms with van der Waals surface area (Å²) in [5.74, 6) is 0.793. The van der Waals surface area contributed by atoms with E-state index in [0.29, 0.717) is 6.61 Å². The van der Waals surface area contributed by atoms with Gasteiger partial charge < -0.3 is 14.6 Å². The van der Waals surface area contributed by atoms with Crippen LogP contribution in [0, 0.1) is 6.92 Å². The second kappa shape index (κ2) is 6.03.